The first kappa shape index (κ1) is 13.8. The fourth-order valence-electron chi connectivity index (χ4n) is 2.39. The van der Waals surface area contributed by atoms with Crippen LogP contribution in [0.25, 0.3) is 0 Å². The molecule has 0 aliphatic carbocycles. The van der Waals surface area contributed by atoms with Crippen molar-refractivity contribution in [1.82, 2.24) is 4.57 Å². The Morgan fingerprint density at radius 3 is 2.38 bits per heavy atom. The number of rotatable bonds is 2. The molecule has 1 saturated heterocycles. The summed E-state index contributed by atoms with van der Waals surface area (Å²) in [5, 5.41) is 0. The number of amides is 2. The molecule has 21 heavy (non-hydrogen) atoms. The van der Waals surface area contributed by atoms with Crippen molar-refractivity contribution in [2.24, 2.45) is 0 Å². The topological polar surface area (TPSA) is 59.4 Å². The van der Waals surface area contributed by atoms with E-state index in [1.807, 2.05) is 0 Å². The van der Waals surface area contributed by atoms with Gasteiger partial charge in [-0.05, 0) is 30.3 Å². The van der Waals surface area contributed by atoms with Crippen LogP contribution in [0.15, 0.2) is 57.9 Å². The molecule has 2 aromatic rings. The summed E-state index contributed by atoms with van der Waals surface area (Å²) in [4.78, 5) is 37.6. The highest BCUT2D eigenvalue weighted by atomic mass is 79.9. The molecule has 1 aromatic carbocycles. The molecule has 1 aliphatic rings. The van der Waals surface area contributed by atoms with Crippen LogP contribution >= 0.6 is 15.9 Å². The van der Waals surface area contributed by atoms with E-state index in [0.717, 1.165) is 9.37 Å². The van der Waals surface area contributed by atoms with E-state index in [-0.39, 0.29) is 23.8 Å². The van der Waals surface area contributed by atoms with Crippen LogP contribution in [0.1, 0.15) is 12.5 Å². The molecule has 0 radical (unpaired) electrons. The molecule has 2 heterocycles. The Morgan fingerprint density at radius 1 is 1.00 bits per heavy atom. The van der Waals surface area contributed by atoms with Crippen molar-refractivity contribution in [2.45, 2.75) is 12.5 Å². The minimum absolute atomic E-state index is 0.00117. The monoisotopic (exact) mass is 346 g/mol. The van der Waals surface area contributed by atoms with E-state index in [1.54, 1.807) is 36.4 Å². The summed E-state index contributed by atoms with van der Waals surface area (Å²) < 4.78 is 2.17. The maximum atomic E-state index is 12.5. The average Bonchev–Trinajstić information content (AvgIpc) is 2.76. The molecule has 0 N–H and O–H groups in total. The summed E-state index contributed by atoms with van der Waals surface area (Å²) in [5.74, 6) is -0.682. The number of hydrogen-bond acceptors (Lipinski definition) is 3. The number of nitrogens with zero attached hydrogens (tertiary/aromatic N) is 2. The lowest BCUT2D eigenvalue weighted by atomic mass is 10.2. The number of imide groups is 1. The van der Waals surface area contributed by atoms with E-state index in [4.69, 9.17) is 0 Å². The zero-order chi connectivity index (χ0) is 15.0. The SMILES string of the molecule is O=C1CC(n2ccccc2=O)C(=O)N1c1ccc(Br)cc1. The maximum absolute atomic E-state index is 12.5. The molecule has 0 spiro atoms. The van der Waals surface area contributed by atoms with Crippen LogP contribution in [-0.4, -0.2) is 16.4 Å². The van der Waals surface area contributed by atoms with Crippen molar-refractivity contribution in [3.8, 4) is 0 Å². The second-order valence-electron chi connectivity index (χ2n) is 4.71. The summed E-state index contributed by atoms with van der Waals surface area (Å²) in [6.45, 7) is 0. The highest BCUT2D eigenvalue weighted by Gasteiger charge is 2.40. The fourth-order valence-corrected chi connectivity index (χ4v) is 2.66. The van der Waals surface area contributed by atoms with Gasteiger partial charge in [-0.2, -0.15) is 0 Å². The molecule has 106 valence electrons. The third-order valence-corrected chi connectivity index (χ3v) is 3.92. The Balaban J connectivity index is 1.98. The quantitative estimate of drug-likeness (QED) is 0.782. The number of aromatic nitrogens is 1. The van der Waals surface area contributed by atoms with E-state index in [9.17, 15) is 14.4 Å². The molecule has 0 saturated carbocycles. The van der Waals surface area contributed by atoms with Crippen molar-refractivity contribution in [2.75, 3.05) is 4.90 Å². The number of hydrogen-bond donors (Lipinski definition) is 0. The van der Waals surface area contributed by atoms with Gasteiger partial charge in [-0.15, -0.1) is 0 Å². The summed E-state index contributed by atoms with van der Waals surface area (Å²) in [5.41, 5.74) is 0.223. The number of carbonyl (C=O) groups is 2. The Morgan fingerprint density at radius 2 is 1.71 bits per heavy atom. The number of pyridine rings is 1. The Hall–Kier alpha value is -2.21. The Kier molecular flexibility index (Phi) is 3.47. The maximum Gasteiger partial charge on any atom is 0.257 e. The summed E-state index contributed by atoms with van der Waals surface area (Å²) in [6, 6.07) is 10.8. The molecule has 1 unspecified atom stereocenters. The van der Waals surface area contributed by atoms with Crippen LogP contribution in [-0.2, 0) is 9.59 Å². The smallest absolute Gasteiger partial charge is 0.257 e. The normalized spacial score (nSPS) is 18.3. The van der Waals surface area contributed by atoms with Crippen molar-refractivity contribution >= 4 is 33.4 Å². The van der Waals surface area contributed by atoms with Crippen molar-refractivity contribution in [3.05, 3.63) is 63.5 Å². The molecule has 5 nitrogen and oxygen atoms in total. The zero-order valence-electron chi connectivity index (χ0n) is 10.9. The second kappa shape index (κ2) is 5.29. The van der Waals surface area contributed by atoms with Crippen LogP contribution < -0.4 is 10.5 Å². The first-order valence-corrected chi connectivity index (χ1v) is 7.17. The highest BCUT2D eigenvalue weighted by Crippen LogP contribution is 2.29. The van der Waals surface area contributed by atoms with Crippen LogP contribution in [0.2, 0.25) is 0 Å². The van der Waals surface area contributed by atoms with Gasteiger partial charge >= 0.3 is 0 Å². The third-order valence-electron chi connectivity index (χ3n) is 3.39. The van der Waals surface area contributed by atoms with E-state index >= 15 is 0 Å². The minimum Gasteiger partial charge on any atom is -0.302 e. The highest BCUT2D eigenvalue weighted by molar-refractivity contribution is 9.10. The first-order chi connectivity index (χ1) is 10.1. The molecule has 1 atom stereocenters. The van der Waals surface area contributed by atoms with E-state index < -0.39 is 6.04 Å². The number of anilines is 1. The van der Waals surface area contributed by atoms with Gasteiger partial charge in [-0.1, -0.05) is 22.0 Å². The lowest BCUT2D eigenvalue weighted by molar-refractivity contribution is -0.122. The number of carbonyl (C=O) groups excluding carboxylic acids is 2. The molecule has 0 bridgehead atoms. The van der Waals surface area contributed by atoms with Gasteiger partial charge in [-0.25, -0.2) is 4.90 Å². The Labute approximate surface area is 128 Å². The number of benzene rings is 1. The predicted molar refractivity (Wildman–Crippen MR) is 81.0 cm³/mol. The zero-order valence-corrected chi connectivity index (χ0v) is 12.5. The molecule has 3 rings (SSSR count). The van der Waals surface area contributed by atoms with Gasteiger partial charge in [0.15, 0.2) is 0 Å². The molecule has 2 amide bonds. The molecule has 1 fully saturated rings. The summed E-state index contributed by atoms with van der Waals surface area (Å²) >= 11 is 3.31. The van der Waals surface area contributed by atoms with Crippen LogP contribution in [0.5, 0.6) is 0 Å². The molecule has 1 aromatic heterocycles. The van der Waals surface area contributed by atoms with Crippen LogP contribution in [0.4, 0.5) is 5.69 Å². The Bertz CT molecular complexity index is 767. The van der Waals surface area contributed by atoms with Gasteiger partial charge < -0.3 is 4.57 Å². The van der Waals surface area contributed by atoms with Gasteiger partial charge in [-0.3, -0.25) is 14.4 Å². The van der Waals surface area contributed by atoms with Crippen molar-refractivity contribution in [3.63, 3.8) is 0 Å². The predicted octanol–water partition coefficient (Wildman–Crippen LogP) is 2.12. The number of halogens is 1. The standard InChI is InChI=1S/C15H11BrN2O3/c16-10-4-6-11(7-5-10)18-14(20)9-12(15(18)21)17-8-2-1-3-13(17)19/h1-8,12H,9H2. The fraction of sp³-hybridized carbons (Fsp3) is 0.133. The van der Waals surface area contributed by atoms with Crippen LogP contribution in [0.3, 0.4) is 0 Å². The van der Waals surface area contributed by atoms with Crippen LogP contribution in [0, 0.1) is 0 Å². The second-order valence-corrected chi connectivity index (χ2v) is 5.63. The van der Waals surface area contributed by atoms with Gasteiger partial charge in [0.05, 0.1) is 12.1 Å². The van der Waals surface area contributed by atoms with E-state index in [1.165, 1.54) is 16.8 Å². The van der Waals surface area contributed by atoms with Crippen molar-refractivity contribution < 1.29 is 9.59 Å². The largest absolute Gasteiger partial charge is 0.302 e. The molecular formula is C15H11BrN2O3. The van der Waals surface area contributed by atoms with E-state index in [0.29, 0.717) is 5.69 Å². The van der Waals surface area contributed by atoms with Crippen molar-refractivity contribution in [1.29, 1.82) is 0 Å². The summed E-state index contributed by atoms with van der Waals surface area (Å²) in [6.07, 6.45) is 1.53. The first-order valence-electron chi connectivity index (χ1n) is 6.37. The molecular weight excluding hydrogens is 336 g/mol. The van der Waals surface area contributed by atoms with Gasteiger partial charge in [0.1, 0.15) is 6.04 Å². The lowest BCUT2D eigenvalue weighted by Crippen LogP contribution is -2.33. The average molecular weight is 347 g/mol. The van der Waals surface area contributed by atoms with Gasteiger partial charge in [0.2, 0.25) is 5.91 Å². The molecule has 6 heteroatoms. The van der Waals surface area contributed by atoms with E-state index in [2.05, 4.69) is 15.9 Å². The molecule has 1 aliphatic heterocycles. The van der Waals surface area contributed by atoms with Gasteiger partial charge in [0, 0.05) is 16.7 Å². The van der Waals surface area contributed by atoms with Gasteiger partial charge in [0.25, 0.3) is 11.5 Å². The minimum atomic E-state index is -0.769. The lowest BCUT2D eigenvalue weighted by Gasteiger charge is -2.16. The third kappa shape index (κ3) is 2.42. The summed E-state index contributed by atoms with van der Waals surface area (Å²) in [7, 11) is 0.